The van der Waals surface area contributed by atoms with Gasteiger partial charge in [-0.1, -0.05) is 35.0 Å². The zero-order valence-corrected chi connectivity index (χ0v) is 15.6. The molecule has 1 amide bonds. The molecule has 0 aliphatic rings. The lowest BCUT2D eigenvalue weighted by Gasteiger charge is -2.10. The van der Waals surface area contributed by atoms with Crippen LogP contribution in [-0.4, -0.2) is 11.1 Å². The molecule has 3 aromatic rings. The summed E-state index contributed by atoms with van der Waals surface area (Å²) in [6.07, 6.45) is 0. The lowest BCUT2D eigenvalue weighted by molar-refractivity contribution is 0.101. The van der Waals surface area contributed by atoms with Crippen LogP contribution in [0.2, 0.25) is 5.02 Å². The minimum Gasteiger partial charge on any atom is -0.489 e. The molecule has 0 radical (unpaired) electrons. The molecule has 0 aliphatic carbocycles. The lowest BCUT2D eigenvalue weighted by atomic mass is 10.1. The molecule has 1 heterocycles. The van der Waals surface area contributed by atoms with E-state index in [0.717, 1.165) is 16.8 Å². The van der Waals surface area contributed by atoms with Crippen LogP contribution >= 0.6 is 11.6 Å². The van der Waals surface area contributed by atoms with Gasteiger partial charge in [0.05, 0.1) is 5.56 Å². The highest BCUT2D eigenvalue weighted by Crippen LogP contribution is 2.22. The number of amides is 1. The molecule has 134 valence electrons. The molecule has 26 heavy (non-hydrogen) atoms. The predicted octanol–water partition coefficient (Wildman–Crippen LogP) is 5.08. The second-order valence-electron chi connectivity index (χ2n) is 6.08. The first-order chi connectivity index (χ1) is 12.4. The van der Waals surface area contributed by atoms with Crippen LogP contribution in [0.15, 0.2) is 47.0 Å². The van der Waals surface area contributed by atoms with Crippen molar-refractivity contribution in [2.24, 2.45) is 0 Å². The van der Waals surface area contributed by atoms with Crippen molar-refractivity contribution in [3.63, 3.8) is 0 Å². The van der Waals surface area contributed by atoms with Crippen molar-refractivity contribution in [2.75, 3.05) is 5.32 Å². The van der Waals surface area contributed by atoms with Gasteiger partial charge in [-0.15, -0.1) is 0 Å². The molecule has 1 N–H and O–H groups in total. The molecule has 0 saturated heterocycles. The van der Waals surface area contributed by atoms with Crippen molar-refractivity contribution in [2.45, 2.75) is 27.4 Å². The summed E-state index contributed by atoms with van der Waals surface area (Å²) in [6.45, 7) is 5.81. The number of hydrogen-bond acceptors (Lipinski definition) is 4. The molecular formula is C20H19ClN2O3. The number of aromatic nitrogens is 1. The number of halogens is 1. The van der Waals surface area contributed by atoms with E-state index in [4.69, 9.17) is 20.9 Å². The number of nitrogens with one attached hydrogen (secondary N) is 1. The molecule has 0 saturated carbocycles. The van der Waals surface area contributed by atoms with Crippen molar-refractivity contribution in [1.29, 1.82) is 0 Å². The summed E-state index contributed by atoms with van der Waals surface area (Å²) >= 11 is 5.96. The third-order valence-corrected chi connectivity index (χ3v) is 4.26. The summed E-state index contributed by atoms with van der Waals surface area (Å²) in [4.78, 5) is 12.7. The smallest absolute Gasteiger partial charge is 0.278 e. The Labute approximate surface area is 156 Å². The molecule has 5 nitrogen and oxygen atoms in total. The molecule has 2 aromatic carbocycles. The summed E-state index contributed by atoms with van der Waals surface area (Å²) in [6, 6.07) is 12.9. The van der Waals surface area contributed by atoms with Gasteiger partial charge in [-0.3, -0.25) is 4.79 Å². The van der Waals surface area contributed by atoms with Gasteiger partial charge >= 0.3 is 0 Å². The average Bonchev–Trinajstić information content (AvgIpc) is 2.97. The SMILES string of the molecule is Cc1ccc(C)c(NC(=O)c2noc(C)c2COc2cccc(Cl)c2)c1. The van der Waals surface area contributed by atoms with E-state index in [1.165, 1.54) is 0 Å². The van der Waals surface area contributed by atoms with Gasteiger partial charge in [0.25, 0.3) is 5.91 Å². The van der Waals surface area contributed by atoms with Crippen molar-refractivity contribution < 1.29 is 14.1 Å². The maximum absolute atomic E-state index is 12.7. The Morgan fingerprint density at radius 3 is 2.77 bits per heavy atom. The summed E-state index contributed by atoms with van der Waals surface area (Å²) in [5.41, 5.74) is 3.60. The summed E-state index contributed by atoms with van der Waals surface area (Å²) in [5.74, 6) is 0.817. The average molecular weight is 371 g/mol. The molecule has 0 unspecified atom stereocenters. The number of anilines is 1. The Morgan fingerprint density at radius 1 is 1.19 bits per heavy atom. The molecule has 0 spiro atoms. The molecule has 1 aromatic heterocycles. The quantitative estimate of drug-likeness (QED) is 0.679. The van der Waals surface area contributed by atoms with Gasteiger partial charge in [-0.25, -0.2) is 0 Å². The molecule has 6 heteroatoms. The van der Waals surface area contributed by atoms with E-state index in [2.05, 4.69) is 10.5 Å². The van der Waals surface area contributed by atoms with E-state index in [1.54, 1.807) is 31.2 Å². The van der Waals surface area contributed by atoms with E-state index < -0.39 is 0 Å². The summed E-state index contributed by atoms with van der Waals surface area (Å²) in [5, 5.41) is 7.37. The van der Waals surface area contributed by atoms with Crippen LogP contribution in [0, 0.1) is 20.8 Å². The van der Waals surface area contributed by atoms with Gasteiger partial charge in [0.2, 0.25) is 0 Å². The summed E-state index contributed by atoms with van der Waals surface area (Å²) < 4.78 is 10.9. The number of ether oxygens (including phenoxy) is 1. The van der Waals surface area contributed by atoms with Crippen molar-refractivity contribution in [3.8, 4) is 5.75 Å². The number of aryl methyl sites for hydroxylation is 3. The van der Waals surface area contributed by atoms with Crippen LogP contribution in [0.5, 0.6) is 5.75 Å². The first-order valence-electron chi connectivity index (χ1n) is 8.16. The van der Waals surface area contributed by atoms with E-state index in [1.807, 2.05) is 32.0 Å². The largest absolute Gasteiger partial charge is 0.489 e. The summed E-state index contributed by atoms with van der Waals surface area (Å²) in [7, 11) is 0. The van der Waals surface area contributed by atoms with Crippen LogP contribution < -0.4 is 10.1 Å². The number of carbonyl (C=O) groups excluding carboxylic acids is 1. The number of carbonyl (C=O) groups is 1. The van der Waals surface area contributed by atoms with Gasteiger partial charge < -0.3 is 14.6 Å². The highest BCUT2D eigenvalue weighted by molar-refractivity contribution is 6.30. The van der Waals surface area contributed by atoms with Gasteiger partial charge in [0, 0.05) is 10.7 Å². The molecule has 0 aliphatic heterocycles. The minimum atomic E-state index is -0.333. The zero-order chi connectivity index (χ0) is 18.7. The maximum atomic E-state index is 12.7. The van der Waals surface area contributed by atoms with Crippen LogP contribution in [0.4, 0.5) is 5.69 Å². The van der Waals surface area contributed by atoms with Gasteiger partial charge in [-0.2, -0.15) is 0 Å². The Kier molecular flexibility index (Phi) is 5.28. The van der Waals surface area contributed by atoms with Gasteiger partial charge in [0.15, 0.2) is 5.69 Å². The van der Waals surface area contributed by atoms with Crippen LogP contribution in [0.25, 0.3) is 0 Å². The molecular weight excluding hydrogens is 352 g/mol. The van der Waals surface area contributed by atoms with E-state index >= 15 is 0 Å². The molecule has 0 bridgehead atoms. The van der Waals surface area contributed by atoms with Crippen LogP contribution in [-0.2, 0) is 6.61 Å². The fourth-order valence-corrected chi connectivity index (χ4v) is 2.68. The Bertz CT molecular complexity index is 950. The maximum Gasteiger partial charge on any atom is 0.278 e. The second-order valence-corrected chi connectivity index (χ2v) is 6.52. The Balaban J connectivity index is 1.78. The van der Waals surface area contributed by atoms with E-state index in [-0.39, 0.29) is 18.2 Å². The highest BCUT2D eigenvalue weighted by Gasteiger charge is 2.21. The van der Waals surface area contributed by atoms with Crippen LogP contribution in [0.3, 0.4) is 0 Å². The Hall–Kier alpha value is -2.79. The topological polar surface area (TPSA) is 64.4 Å². The number of hydrogen-bond donors (Lipinski definition) is 1. The fraction of sp³-hybridized carbons (Fsp3) is 0.200. The van der Waals surface area contributed by atoms with Gasteiger partial charge in [-0.05, 0) is 56.2 Å². The van der Waals surface area contributed by atoms with Crippen LogP contribution in [0.1, 0.15) is 32.9 Å². The monoisotopic (exact) mass is 370 g/mol. The van der Waals surface area contributed by atoms with Crippen molar-refractivity contribution in [1.82, 2.24) is 5.16 Å². The Morgan fingerprint density at radius 2 is 2.00 bits per heavy atom. The standard InChI is InChI=1S/C20H19ClN2O3/c1-12-7-8-13(2)18(9-12)22-20(24)19-17(14(3)26-23-19)11-25-16-6-4-5-15(21)10-16/h4-10H,11H2,1-3H3,(H,22,24). The predicted molar refractivity (Wildman–Crippen MR) is 101 cm³/mol. The fourth-order valence-electron chi connectivity index (χ4n) is 2.50. The van der Waals surface area contributed by atoms with Crippen molar-refractivity contribution >= 4 is 23.2 Å². The molecule has 3 rings (SSSR count). The number of rotatable bonds is 5. The highest BCUT2D eigenvalue weighted by atomic mass is 35.5. The van der Waals surface area contributed by atoms with Crippen molar-refractivity contribution in [3.05, 3.63) is 75.6 Å². The minimum absolute atomic E-state index is 0.158. The second kappa shape index (κ2) is 7.62. The van der Waals surface area contributed by atoms with E-state index in [9.17, 15) is 4.79 Å². The first kappa shape index (κ1) is 18.0. The normalized spacial score (nSPS) is 10.6. The van der Waals surface area contributed by atoms with E-state index in [0.29, 0.717) is 22.1 Å². The van der Waals surface area contributed by atoms with Gasteiger partial charge in [0.1, 0.15) is 18.1 Å². The lowest BCUT2D eigenvalue weighted by Crippen LogP contribution is -2.16. The first-order valence-corrected chi connectivity index (χ1v) is 8.54. The third-order valence-electron chi connectivity index (χ3n) is 4.02. The third kappa shape index (κ3) is 4.06. The molecule has 0 atom stereocenters. The number of nitrogens with zero attached hydrogens (tertiary/aromatic N) is 1. The number of benzene rings is 2. The zero-order valence-electron chi connectivity index (χ0n) is 14.8. The molecule has 0 fully saturated rings.